The molecule has 0 bridgehead atoms. The molecular weight excluding hydrogens is 358 g/mol. The number of nitrogens with one attached hydrogen (secondary N) is 1. The summed E-state index contributed by atoms with van der Waals surface area (Å²) in [4.78, 5) is 36.1. The topological polar surface area (TPSA) is 81.7 Å². The fourth-order valence-corrected chi connectivity index (χ4v) is 6.54. The number of carbonyl (C=O) groups excluding carboxylic acids is 3. The van der Waals surface area contributed by atoms with E-state index in [0.717, 1.165) is 37.8 Å². The van der Waals surface area contributed by atoms with Gasteiger partial charge in [-0.15, -0.1) is 0 Å². The third kappa shape index (κ3) is 2.80. The van der Waals surface area contributed by atoms with E-state index in [-0.39, 0.29) is 29.3 Å². The van der Waals surface area contributed by atoms with Crippen molar-refractivity contribution in [2.75, 3.05) is 6.61 Å². The van der Waals surface area contributed by atoms with Crippen molar-refractivity contribution >= 4 is 18.0 Å². The van der Waals surface area contributed by atoms with Gasteiger partial charge in [-0.25, -0.2) is 4.79 Å². The quantitative estimate of drug-likeness (QED) is 0.577. The lowest BCUT2D eigenvalue weighted by Gasteiger charge is -2.55. The van der Waals surface area contributed by atoms with Gasteiger partial charge in [-0.05, 0) is 62.2 Å². The second-order valence-electron chi connectivity index (χ2n) is 9.11. The molecule has 4 rings (SSSR count). The van der Waals surface area contributed by atoms with Crippen molar-refractivity contribution in [2.24, 2.45) is 34.5 Å². The first-order valence-electron chi connectivity index (χ1n) is 10.4. The normalized spacial score (nSPS) is 41.1. The van der Waals surface area contributed by atoms with Crippen molar-refractivity contribution in [1.29, 1.82) is 0 Å². The van der Waals surface area contributed by atoms with Gasteiger partial charge in [0.1, 0.15) is 0 Å². The van der Waals surface area contributed by atoms with Gasteiger partial charge in [0.15, 0.2) is 0 Å². The van der Waals surface area contributed by atoms with Crippen LogP contribution < -0.4 is 5.32 Å². The maximum absolute atomic E-state index is 12.7. The van der Waals surface area contributed by atoms with Crippen LogP contribution in [-0.4, -0.2) is 24.6 Å². The molecular formula is C22H29NO5. The minimum atomic E-state index is -0.894. The highest BCUT2D eigenvalue weighted by Crippen LogP contribution is 2.64. The molecule has 1 aliphatic heterocycles. The van der Waals surface area contributed by atoms with E-state index in [1.807, 2.05) is 0 Å². The number of ether oxygens (including phenoxy) is 2. The summed E-state index contributed by atoms with van der Waals surface area (Å²) < 4.78 is 9.75. The zero-order chi connectivity index (χ0) is 20.1. The van der Waals surface area contributed by atoms with Crippen molar-refractivity contribution in [1.82, 2.24) is 5.32 Å². The summed E-state index contributed by atoms with van der Waals surface area (Å²) in [6, 6.07) is 0. The molecule has 1 heterocycles. The van der Waals surface area contributed by atoms with Crippen molar-refractivity contribution in [3.8, 4) is 0 Å². The van der Waals surface area contributed by atoms with Crippen LogP contribution in [0.3, 0.4) is 0 Å². The lowest BCUT2D eigenvalue weighted by molar-refractivity contribution is -0.151. The Labute approximate surface area is 165 Å². The molecule has 6 heteroatoms. The monoisotopic (exact) mass is 387 g/mol. The van der Waals surface area contributed by atoms with Crippen LogP contribution in [-0.2, 0) is 19.1 Å². The summed E-state index contributed by atoms with van der Waals surface area (Å²) in [5.41, 5.74) is 0.719. The molecule has 0 radical (unpaired) electrons. The fraction of sp³-hybridized carbons (Fsp3) is 0.682. The van der Waals surface area contributed by atoms with E-state index in [9.17, 15) is 14.4 Å². The molecule has 1 amide bonds. The predicted octanol–water partition coefficient (Wildman–Crippen LogP) is 3.72. The van der Waals surface area contributed by atoms with E-state index in [0.29, 0.717) is 17.8 Å². The second-order valence-corrected chi connectivity index (χ2v) is 9.11. The molecule has 0 unspecified atom stereocenters. The van der Waals surface area contributed by atoms with Crippen LogP contribution in [0.5, 0.6) is 0 Å². The van der Waals surface area contributed by atoms with Gasteiger partial charge in [-0.1, -0.05) is 26.0 Å². The van der Waals surface area contributed by atoms with Crippen LogP contribution in [0, 0.1) is 34.5 Å². The van der Waals surface area contributed by atoms with Gasteiger partial charge < -0.3 is 14.8 Å². The van der Waals surface area contributed by atoms with Gasteiger partial charge in [-0.2, -0.15) is 0 Å². The summed E-state index contributed by atoms with van der Waals surface area (Å²) in [5, 5.41) is 3.03. The molecule has 0 aromatic heterocycles. The minimum Gasteiger partial charge on any atom is -0.434 e. The highest BCUT2D eigenvalue weighted by Gasteiger charge is 2.60. The average Bonchev–Trinajstić information content (AvgIpc) is 3.00. The summed E-state index contributed by atoms with van der Waals surface area (Å²) in [6.07, 6.45) is 9.57. The molecule has 0 spiro atoms. The largest absolute Gasteiger partial charge is 0.516 e. The molecule has 28 heavy (non-hydrogen) atoms. The predicted molar refractivity (Wildman–Crippen MR) is 102 cm³/mol. The number of rotatable bonds is 2. The summed E-state index contributed by atoms with van der Waals surface area (Å²) in [7, 11) is 0. The molecule has 6 nitrogen and oxygen atoms in total. The summed E-state index contributed by atoms with van der Waals surface area (Å²) in [6.45, 7) is 6.29. The third-order valence-electron chi connectivity index (χ3n) is 7.95. The molecule has 2 fully saturated rings. The highest BCUT2D eigenvalue weighted by atomic mass is 16.7. The molecule has 0 aromatic carbocycles. The molecule has 4 aliphatic rings. The lowest BCUT2D eigenvalue weighted by Crippen LogP contribution is -2.52. The Kier molecular flexibility index (Phi) is 4.63. The Bertz CT molecular complexity index is 771. The Hall–Kier alpha value is -2.11. The SMILES string of the molecule is CCOC(=O)OC(=O)[C@@H]1CC[C@H]2[C@@H]3CC=C4NC(=O)C=C[C@]4(C)[C@H]3CC[C@]12C. The minimum absolute atomic E-state index is 0.0505. The third-order valence-corrected chi connectivity index (χ3v) is 7.95. The van der Waals surface area contributed by atoms with Crippen LogP contribution in [0.1, 0.15) is 52.9 Å². The number of allylic oxidation sites excluding steroid dienone is 2. The Morgan fingerprint density at radius 2 is 2.00 bits per heavy atom. The van der Waals surface area contributed by atoms with Crippen molar-refractivity contribution < 1.29 is 23.9 Å². The van der Waals surface area contributed by atoms with E-state index >= 15 is 0 Å². The Morgan fingerprint density at radius 3 is 2.75 bits per heavy atom. The fourth-order valence-electron chi connectivity index (χ4n) is 6.54. The Morgan fingerprint density at radius 1 is 1.21 bits per heavy atom. The van der Waals surface area contributed by atoms with Crippen molar-refractivity contribution in [3.63, 3.8) is 0 Å². The van der Waals surface area contributed by atoms with E-state index in [4.69, 9.17) is 9.47 Å². The zero-order valence-corrected chi connectivity index (χ0v) is 16.8. The number of fused-ring (bicyclic) bond motifs is 5. The number of esters is 1. The lowest BCUT2D eigenvalue weighted by atomic mass is 9.50. The molecule has 2 saturated carbocycles. The maximum atomic E-state index is 12.7. The van der Waals surface area contributed by atoms with E-state index in [1.54, 1.807) is 13.0 Å². The van der Waals surface area contributed by atoms with E-state index in [2.05, 4.69) is 31.3 Å². The van der Waals surface area contributed by atoms with Gasteiger partial charge in [0.05, 0.1) is 12.5 Å². The standard InChI is InChI=1S/C22H29NO5/c1-4-27-20(26)28-19(25)16-7-6-14-13-5-8-17-22(3,12-10-18(24)23-17)15(13)9-11-21(14,16)2/h8,10,12-16H,4-7,9,11H2,1-3H3,(H,23,24)/t13-,14-,15-,16-,21-,22+/m0/s1. The van der Waals surface area contributed by atoms with Crippen LogP contribution in [0.15, 0.2) is 23.9 Å². The number of carbonyl (C=O) groups is 3. The maximum Gasteiger partial charge on any atom is 0.516 e. The first kappa shape index (κ1) is 19.2. The second kappa shape index (κ2) is 6.75. The van der Waals surface area contributed by atoms with Crippen molar-refractivity contribution in [2.45, 2.75) is 52.9 Å². The van der Waals surface area contributed by atoms with Crippen LogP contribution >= 0.6 is 0 Å². The van der Waals surface area contributed by atoms with Gasteiger partial charge in [0, 0.05) is 17.2 Å². The van der Waals surface area contributed by atoms with Gasteiger partial charge in [0.2, 0.25) is 5.91 Å². The smallest absolute Gasteiger partial charge is 0.434 e. The molecule has 6 atom stereocenters. The molecule has 152 valence electrons. The number of hydrogen-bond donors (Lipinski definition) is 1. The summed E-state index contributed by atoms with van der Waals surface area (Å²) in [5.74, 6) is 0.569. The van der Waals surface area contributed by atoms with Gasteiger partial charge in [0.25, 0.3) is 0 Å². The first-order valence-corrected chi connectivity index (χ1v) is 10.4. The number of amides is 1. The van der Waals surface area contributed by atoms with Crippen LogP contribution in [0.4, 0.5) is 4.79 Å². The zero-order valence-electron chi connectivity index (χ0n) is 16.8. The Balaban J connectivity index is 1.56. The molecule has 3 aliphatic carbocycles. The molecule has 0 saturated heterocycles. The highest BCUT2D eigenvalue weighted by molar-refractivity contribution is 5.90. The van der Waals surface area contributed by atoms with Crippen LogP contribution in [0.2, 0.25) is 0 Å². The first-order chi connectivity index (χ1) is 13.3. The van der Waals surface area contributed by atoms with Crippen LogP contribution in [0.25, 0.3) is 0 Å². The van der Waals surface area contributed by atoms with Gasteiger partial charge in [-0.3, -0.25) is 9.59 Å². The summed E-state index contributed by atoms with van der Waals surface area (Å²) >= 11 is 0. The van der Waals surface area contributed by atoms with Gasteiger partial charge >= 0.3 is 12.1 Å². The van der Waals surface area contributed by atoms with E-state index < -0.39 is 12.1 Å². The van der Waals surface area contributed by atoms with E-state index in [1.165, 1.54) is 0 Å². The number of hydrogen-bond acceptors (Lipinski definition) is 5. The van der Waals surface area contributed by atoms with Crippen molar-refractivity contribution in [3.05, 3.63) is 23.9 Å². The molecule has 0 aromatic rings. The molecule has 1 N–H and O–H groups in total. The average molecular weight is 387 g/mol.